The van der Waals surface area contributed by atoms with Gasteiger partial charge in [0, 0.05) is 51.9 Å². The van der Waals surface area contributed by atoms with Gasteiger partial charge in [-0.15, -0.1) is 0 Å². The van der Waals surface area contributed by atoms with E-state index < -0.39 is 17.5 Å². The molecule has 7 nitrogen and oxygen atoms in total. The van der Waals surface area contributed by atoms with Crippen LogP contribution in [0.25, 0.3) is 0 Å². The highest BCUT2D eigenvalue weighted by Gasteiger charge is 2.37. The van der Waals surface area contributed by atoms with Crippen LogP contribution in [0.15, 0.2) is 18.2 Å². The molecule has 0 bridgehead atoms. The van der Waals surface area contributed by atoms with Crippen LogP contribution in [0.3, 0.4) is 0 Å². The fourth-order valence-electron chi connectivity index (χ4n) is 5.43. The minimum atomic E-state index is -0.840. The smallest absolute Gasteiger partial charge is 0.256 e. The fourth-order valence-corrected chi connectivity index (χ4v) is 5.43. The summed E-state index contributed by atoms with van der Waals surface area (Å²) in [6.07, 6.45) is 5.30. The highest BCUT2D eigenvalue weighted by molar-refractivity contribution is 5.94. The molecule has 4 rings (SSSR count). The Labute approximate surface area is 200 Å². The van der Waals surface area contributed by atoms with Gasteiger partial charge in [-0.05, 0) is 43.9 Å². The molecule has 9 heteroatoms. The number of carbonyl (C=O) groups excluding carboxylic acids is 2. The van der Waals surface area contributed by atoms with Crippen LogP contribution in [0.5, 0.6) is 0 Å². The lowest BCUT2D eigenvalue weighted by molar-refractivity contribution is -0.129. The maximum atomic E-state index is 14.1. The summed E-state index contributed by atoms with van der Waals surface area (Å²) in [7, 11) is 0. The zero-order valence-corrected chi connectivity index (χ0v) is 19.8. The van der Waals surface area contributed by atoms with Crippen LogP contribution in [-0.4, -0.2) is 98.1 Å². The van der Waals surface area contributed by atoms with Crippen LogP contribution in [-0.2, 0) is 9.53 Å². The van der Waals surface area contributed by atoms with Gasteiger partial charge in [0.05, 0.1) is 24.8 Å². The van der Waals surface area contributed by atoms with E-state index >= 15 is 0 Å². The number of morpholine rings is 1. The van der Waals surface area contributed by atoms with Crippen molar-refractivity contribution in [1.82, 2.24) is 20.0 Å². The predicted molar refractivity (Wildman–Crippen MR) is 124 cm³/mol. The molecule has 1 aliphatic carbocycles. The minimum Gasteiger partial charge on any atom is -0.379 e. The standard InChI is InChI=1S/C25H36F2N4O3/c26-20-6-7-21(22(27)18-20)25(33)31-12-10-30(11-13-31)23(19-4-1-2-5-19)24(32)28-8-3-9-29-14-16-34-17-15-29/h6-7,18-19,23H,1-5,8-17H2,(H,28,32)/t23-/m0/s1. The normalized spacial score (nSPS) is 21.5. The first-order valence-corrected chi connectivity index (χ1v) is 12.6. The summed E-state index contributed by atoms with van der Waals surface area (Å²) in [6, 6.07) is 2.85. The van der Waals surface area contributed by atoms with E-state index in [9.17, 15) is 18.4 Å². The maximum absolute atomic E-state index is 14.1. The van der Waals surface area contributed by atoms with Gasteiger partial charge in [0.15, 0.2) is 0 Å². The van der Waals surface area contributed by atoms with Crippen LogP contribution in [0.4, 0.5) is 8.78 Å². The Hall–Kier alpha value is -2.10. The maximum Gasteiger partial charge on any atom is 0.256 e. The Kier molecular flexibility index (Phi) is 8.86. The molecule has 3 fully saturated rings. The molecule has 0 spiro atoms. The van der Waals surface area contributed by atoms with Crippen molar-refractivity contribution in [1.29, 1.82) is 0 Å². The Bertz CT molecular complexity index is 835. The summed E-state index contributed by atoms with van der Waals surface area (Å²) in [4.78, 5) is 32.2. The van der Waals surface area contributed by atoms with Gasteiger partial charge in [-0.3, -0.25) is 19.4 Å². The van der Waals surface area contributed by atoms with Crippen molar-refractivity contribution >= 4 is 11.8 Å². The topological polar surface area (TPSA) is 65.1 Å². The van der Waals surface area contributed by atoms with Crippen LogP contribution >= 0.6 is 0 Å². The lowest BCUT2D eigenvalue weighted by Gasteiger charge is -2.40. The first-order valence-electron chi connectivity index (χ1n) is 12.6. The largest absolute Gasteiger partial charge is 0.379 e. The average molecular weight is 479 g/mol. The van der Waals surface area contributed by atoms with E-state index in [2.05, 4.69) is 15.1 Å². The molecule has 1 aromatic rings. The quantitative estimate of drug-likeness (QED) is 0.580. The molecule has 1 N–H and O–H groups in total. The van der Waals surface area contributed by atoms with Crippen molar-refractivity contribution in [2.75, 3.05) is 65.6 Å². The number of hydrogen-bond acceptors (Lipinski definition) is 5. The summed E-state index contributed by atoms with van der Waals surface area (Å²) in [5.74, 6) is -1.56. The van der Waals surface area contributed by atoms with Gasteiger partial charge in [-0.1, -0.05) is 12.8 Å². The third kappa shape index (κ3) is 6.31. The molecule has 1 saturated carbocycles. The SMILES string of the molecule is O=C(NCCCN1CCOCC1)[C@H](C1CCCC1)N1CCN(C(=O)c2ccc(F)cc2F)CC1. The van der Waals surface area contributed by atoms with Gasteiger partial charge in [0.1, 0.15) is 11.6 Å². The third-order valence-corrected chi connectivity index (χ3v) is 7.33. The van der Waals surface area contributed by atoms with E-state index in [1.54, 1.807) is 4.90 Å². The molecule has 0 unspecified atom stereocenters. The molecular weight excluding hydrogens is 442 g/mol. The number of hydrogen-bond donors (Lipinski definition) is 1. The highest BCUT2D eigenvalue weighted by Crippen LogP contribution is 2.31. The summed E-state index contributed by atoms with van der Waals surface area (Å²) in [6.45, 7) is 7.03. The molecule has 34 heavy (non-hydrogen) atoms. The van der Waals surface area contributed by atoms with E-state index in [0.717, 1.165) is 77.1 Å². The van der Waals surface area contributed by atoms with Gasteiger partial charge in [-0.2, -0.15) is 0 Å². The van der Waals surface area contributed by atoms with Crippen molar-refractivity contribution in [3.63, 3.8) is 0 Å². The number of halogens is 2. The van der Waals surface area contributed by atoms with Crippen LogP contribution in [0.2, 0.25) is 0 Å². The van der Waals surface area contributed by atoms with Gasteiger partial charge in [-0.25, -0.2) is 8.78 Å². The second-order valence-electron chi connectivity index (χ2n) is 9.54. The lowest BCUT2D eigenvalue weighted by Crippen LogP contribution is -2.58. The Morgan fingerprint density at radius 1 is 1.03 bits per heavy atom. The molecule has 2 amide bonds. The lowest BCUT2D eigenvalue weighted by atomic mass is 9.95. The van der Waals surface area contributed by atoms with Crippen molar-refractivity contribution in [2.24, 2.45) is 5.92 Å². The molecule has 2 aliphatic heterocycles. The van der Waals surface area contributed by atoms with Crippen LogP contribution in [0, 0.1) is 17.6 Å². The molecule has 1 aromatic carbocycles. The molecule has 0 radical (unpaired) electrons. The van der Waals surface area contributed by atoms with E-state index in [4.69, 9.17) is 4.74 Å². The number of nitrogens with zero attached hydrogens (tertiary/aromatic N) is 3. The first kappa shape index (κ1) is 25.0. The first-order chi connectivity index (χ1) is 16.5. The highest BCUT2D eigenvalue weighted by atomic mass is 19.1. The van der Waals surface area contributed by atoms with Gasteiger partial charge in [0.2, 0.25) is 5.91 Å². The molecular formula is C25H36F2N4O3. The van der Waals surface area contributed by atoms with Crippen LogP contribution in [0.1, 0.15) is 42.5 Å². The summed E-state index contributed by atoms with van der Waals surface area (Å²) in [5.41, 5.74) is -0.111. The second kappa shape index (κ2) is 12.0. The predicted octanol–water partition coefficient (Wildman–Crippen LogP) is 2.12. The Morgan fingerprint density at radius 3 is 2.41 bits per heavy atom. The van der Waals surface area contributed by atoms with Crippen LogP contribution < -0.4 is 5.32 Å². The van der Waals surface area contributed by atoms with E-state index in [1.165, 1.54) is 6.07 Å². The zero-order chi connectivity index (χ0) is 23.9. The molecule has 188 valence electrons. The van der Waals surface area contributed by atoms with E-state index in [0.29, 0.717) is 38.6 Å². The van der Waals surface area contributed by atoms with Crippen molar-refractivity contribution in [3.05, 3.63) is 35.4 Å². The van der Waals surface area contributed by atoms with Crippen molar-refractivity contribution < 1.29 is 23.1 Å². The third-order valence-electron chi connectivity index (χ3n) is 7.33. The van der Waals surface area contributed by atoms with Gasteiger partial charge in [0.25, 0.3) is 5.91 Å². The number of carbonyl (C=O) groups is 2. The van der Waals surface area contributed by atoms with E-state index in [-0.39, 0.29) is 17.5 Å². The van der Waals surface area contributed by atoms with Gasteiger partial charge < -0.3 is 15.0 Å². The summed E-state index contributed by atoms with van der Waals surface area (Å²) in [5, 5.41) is 3.16. The molecule has 0 aromatic heterocycles. The number of ether oxygens (including phenoxy) is 1. The minimum absolute atomic E-state index is 0.0817. The Balaban J connectivity index is 1.30. The monoisotopic (exact) mass is 478 g/mol. The zero-order valence-electron chi connectivity index (χ0n) is 19.8. The second-order valence-corrected chi connectivity index (χ2v) is 9.54. The van der Waals surface area contributed by atoms with E-state index in [1.807, 2.05) is 0 Å². The van der Waals surface area contributed by atoms with Gasteiger partial charge >= 0.3 is 0 Å². The number of piperazine rings is 1. The molecule has 2 saturated heterocycles. The van der Waals surface area contributed by atoms with Crippen molar-refractivity contribution in [2.45, 2.75) is 38.1 Å². The number of nitrogens with one attached hydrogen (secondary N) is 1. The number of rotatable bonds is 8. The fraction of sp³-hybridized carbons (Fsp3) is 0.680. The molecule has 2 heterocycles. The average Bonchev–Trinajstić information content (AvgIpc) is 3.37. The summed E-state index contributed by atoms with van der Waals surface area (Å²) < 4.78 is 32.7. The number of benzene rings is 1. The Morgan fingerprint density at radius 2 is 1.74 bits per heavy atom. The summed E-state index contributed by atoms with van der Waals surface area (Å²) >= 11 is 0. The molecule has 3 aliphatic rings. The molecule has 1 atom stereocenters. The number of amides is 2. The van der Waals surface area contributed by atoms with Crippen molar-refractivity contribution in [3.8, 4) is 0 Å².